The molecule has 1 fully saturated rings. The van der Waals surface area contributed by atoms with Crippen LogP contribution in [0.2, 0.25) is 0 Å². The van der Waals surface area contributed by atoms with Crippen LogP contribution in [0.4, 0.5) is 0 Å². The Morgan fingerprint density at radius 1 is 1.61 bits per heavy atom. The van der Waals surface area contributed by atoms with Crippen LogP contribution in [0.5, 0.6) is 0 Å². The zero-order valence-corrected chi connectivity index (χ0v) is 11.1. The number of ether oxygens (including phenoxy) is 1. The molecule has 1 N–H and O–H groups in total. The van der Waals surface area contributed by atoms with Crippen molar-refractivity contribution >= 4 is 11.3 Å². The van der Waals surface area contributed by atoms with Crippen molar-refractivity contribution in [3.8, 4) is 0 Å². The van der Waals surface area contributed by atoms with E-state index in [1.165, 1.54) is 4.88 Å². The Labute approximate surface area is 110 Å². The normalized spacial score (nSPS) is 20.2. The lowest BCUT2D eigenvalue weighted by Crippen LogP contribution is -2.34. The van der Waals surface area contributed by atoms with E-state index in [4.69, 9.17) is 4.74 Å². The van der Waals surface area contributed by atoms with Gasteiger partial charge >= 0.3 is 0 Å². The van der Waals surface area contributed by atoms with Crippen LogP contribution >= 0.6 is 11.3 Å². The molecule has 1 saturated heterocycles. The quantitative estimate of drug-likeness (QED) is 0.909. The maximum Gasteiger partial charge on any atom is 0.111 e. The molecule has 2 aromatic rings. The summed E-state index contributed by atoms with van der Waals surface area (Å²) < 4.78 is 7.93. The van der Waals surface area contributed by atoms with Crippen LogP contribution in [0.1, 0.15) is 22.4 Å². The van der Waals surface area contributed by atoms with E-state index >= 15 is 0 Å². The van der Waals surface area contributed by atoms with Crippen LogP contribution in [0.25, 0.3) is 0 Å². The molecule has 6 heteroatoms. The molecule has 5 nitrogen and oxygen atoms in total. The molecule has 96 valence electrons. The van der Waals surface area contributed by atoms with Gasteiger partial charge in [0.1, 0.15) is 6.10 Å². The van der Waals surface area contributed by atoms with E-state index in [9.17, 15) is 0 Å². The molecule has 0 saturated carbocycles. The summed E-state index contributed by atoms with van der Waals surface area (Å²) in [5.41, 5.74) is 4.12. The molecule has 2 aromatic heterocycles. The minimum Gasteiger partial charge on any atom is -0.369 e. The molecule has 1 aliphatic heterocycles. The highest BCUT2D eigenvalue weighted by molar-refractivity contribution is 7.09. The average molecular weight is 264 g/mol. The smallest absolute Gasteiger partial charge is 0.111 e. The minimum atomic E-state index is 0.106. The van der Waals surface area contributed by atoms with Crippen LogP contribution in [0.3, 0.4) is 0 Å². The van der Waals surface area contributed by atoms with E-state index in [2.05, 4.69) is 19.9 Å². The van der Waals surface area contributed by atoms with Crippen molar-refractivity contribution < 1.29 is 4.74 Å². The van der Waals surface area contributed by atoms with Gasteiger partial charge in [-0.05, 0) is 6.92 Å². The molecule has 0 amide bonds. The Kier molecular flexibility index (Phi) is 3.40. The predicted octanol–water partition coefficient (Wildman–Crippen LogP) is 1.36. The number of aryl methyl sites for hydroxylation is 1. The summed E-state index contributed by atoms with van der Waals surface area (Å²) in [6.45, 7) is 5.41. The molecule has 3 rings (SSSR count). The fourth-order valence-corrected chi connectivity index (χ4v) is 2.89. The second-order valence-electron chi connectivity index (χ2n) is 4.37. The summed E-state index contributed by atoms with van der Waals surface area (Å²) in [5, 5.41) is 3.34. The first-order valence-electron chi connectivity index (χ1n) is 6.06. The van der Waals surface area contributed by atoms with Crippen molar-refractivity contribution in [2.75, 3.05) is 19.7 Å². The van der Waals surface area contributed by atoms with Crippen molar-refractivity contribution in [2.45, 2.75) is 19.6 Å². The van der Waals surface area contributed by atoms with E-state index in [1.807, 2.05) is 25.0 Å². The Balaban J connectivity index is 1.80. The standard InChI is InChI=1S/C12H16N4OS/c1-9-12(18-8-15-9)6-16-7-14-4-10(16)11-5-13-2-3-17-11/h4,7-8,11,13H,2-3,5-6H2,1H3. The monoisotopic (exact) mass is 264 g/mol. The van der Waals surface area contributed by atoms with Crippen molar-refractivity contribution in [2.24, 2.45) is 0 Å². The summed E-state index contributed by atoms with van der Waals surface area (Å²) >= 11 is 1.69. The van der Waals surface area contributed by atoms with Gasteiger partial charge < -0.3 is 14.6 Å². The fourth-order valence-electron chi connectivity index (χ4n) is 2.12. The van der Waals surface area contributed by atoms with Gasteiger partial charge in [0.2, 0.25) is 0 Å². The molecule has 1 unspecified atom stereocenters. The van der Waals surface area contributed by atoms with E-state index in [1.54, 1.807) is 11.3 Å². The van der Waals surface area contributed by atoms with Crippen molar-refractivity contribution in [1.82, 2.24) is 19.9 Å². The van der Waals surface area contributed by atoms with Gasteiger partial charge in [-0.3, -0.25) is 0 Å². The molecular formula is C12H16N4OS. The van der Waals surface area contributed by atoms with Gasteiger partial charge in [0.25, 0.3) is 0 Å². The first kappa shape index (κ1) is 11.8. The van der Waals surface area contributed by atoms with E-state index in [0.29, 0.717) is 0 Å². The summed E-state index contributed by atoms with van der Waals surface area (Å²) in [5.74, 6) is 0. The number of nitrogens with one attached hydrogen (secondary N) is 1. The summed E-state index contributed by atoms with van der Waals surface area (Å²) in [7, 11) is 0. The highest BCUT2D eigenvalue weighted by atomic mass is 32.1. The van der Waals surface area contributed by atoms with Crippen LogP contribution in [0, 0.1) is 6.92 Å². The van der Waals surface area contributed by atoms with E-state index < -0.39 is 0 Å². The van der Waals surface area contributed by atoms with Gasteiger partial charge in [0, 0.05) is 18.0 Å². The third-order valence-electron chi connectivity index (χ3n) is 3.16. The van der Waals surface area contributed by atoms with Gasteiger partial charge in [-0.15, -0.1) is 11.3 Å². The molecule has 1 atom stereocenters. The zero-order chi connectivity index (χ0) is 12.4. The number of hydrogen-bond acceptors (Lipinski definition) is 5. The number of aromatic nitrogens is 3. The summed E-state index contributed by atoms with van der Waals surface area (Å²) in [6, 6.07) is 0. The van der Waals surface area contributed by atoms with Gasteiger partial charge in [-0.1, -0.05) is 0 Å². The molecule has 0 aliphatic carbocycles. The Bertz CT molecular complexity index is 516. The summed E-state index contributed by atoms with van der Waals surface area (Å²) in [6.07, 6.45) is 3.87. The lowest BCUT2D eigenvalue weighted by Gasteiger charge is -2.24. The second-order valence-corrected chi connectivity index (χ2v) is 5.31. The van der Waals surface area contributed by atoms with E-state index in [0.717, 1.165) is 37.6 Å². The summed E-state index contributed by atoms with van der Waals surface area (Å²) in [4.78, 5) is 9.80. The van der Waals surface area contributed by atoms with Crippen LogP contribution in [0.15, 0.2) is 18.0 Å². The molecule has 3 heterocycles. The number of thiazole rings is 1. The van der Waals surface area contributed by atoms with Crippen LogP contribution in [-0.2, 0) is 11.3 Å². The average Bonchev–Trinajstić information content (AvgIpc) is 3.01. The van der Waals surface area contributed by atoms with Crippen LogP contribution in [-0.4, -0.2) is 34.2 Å². The molecular weight excluding hydrogens is 248 g/mol. The Morgan fingerprint density at radius 3 is 3.28 bits per heavy atom. The van der Waals surface area contributed by atoms with E-state index in [-0.39, 0.29) is 6.10 Å². The maximum atomic E-state index is 5.78. The number of hydrogen-bond donors (Lipinski definition) is 1. The highest BCUT2D eigenvalue weighted by Crippen LogP contribution is 2.21. The zero-order valence-electron chi connectivity index (χ0n) is 10.3. The van der Waals surface area contributed by atoms with Crippen molar-refractivity contribution in [3.05, 3.63) is 34.3 Å². The number of imidazole rings is 1. The molecule has 1 aliphatic rings. The fraction of sp³-hybridized carbons (Fsp3) is 0.500. The third kappa shape index (κ3) is 2.31. The van der Waals surface area contributed by atoms with Crippen molar-refractivity contribution in [3.63, 3.8) is 0 Å². The minimum absolute atomic E-state index is 0.106. The van der Waals surface area contributed by atoms with Crippen LogP contribution < -0.4 is 5.32 Å². The largest absolute Gasteiger partial charge is 0.369 e. The molecule has 0 spiro atoms. The topological polar surface area (TPSA) is 52.0 Å². The molecule has 0 bridgehead atoms. The highest BCUT2D eigenvalue weighted by Gasteiger charge is 2.19. The third-order valence-corrected chi connectivity index (χ3v) is 4.08. The predicted molar refractivity (Wildman–Crippen MR) is 69.7 cm³/mol. The SMILES string of the molecule is Cc1ncsc1Cn1cncc1C1CNCCO1. The van der Waals surface area contributed by atoms with Gasteiger partial charge in [0.15, 0.2) is 0 Å². The van der Waals surface area contributed by atoms with Crippen molar-refractivity contribution in [1.29, 1.82) is 0 Å². The number of nitrogens with zero attached hydrogens (tertiary/aromatic N) is 3. The first-order valence-corrected chi connectivity index (χ1v) is 6.94. The molecule has 0 aromatic carbocycles. The number of rotatable bonds is 3. The Morgan fingerprint density at radius 2 is 2.56 bits per heavy atom. The lowest BCUT2D eigenvalue weighted by atomic mass is 10.2. The van der Waals surface area contributed by atoms with Gasteiger partial charge in [-0.2, -0.15) is 0 Å². The maximum absolute atomic E-state index is 5.78. The first-order chi connectivity index (χ1) is 8.84. The van der Waals surface area contributed by atoms with Gasteiger partial charge in [0.05, 0.1) is 42.6 Å². The molecule has 0 radical (unpaired) electrons. The number of morpholine rings is 1. The van der Waals surface area contributed by atoms with Gasteiger partial charge in [-0.25, -0.2) is 9.97 Å². The molecule has 18 heavy (non-hydrogen) atoms. The lowest BCUT2D eigenvalue weighted by molar-refractivity contribution is 0.0230. The Hall–Kier alpha value is -1.24. The second kappa shape index (κ2) is 5.17.